The molecule has 3 rings (SSSR count). The van der Waals surface area contributed by atoms with E-state index in [1.807, 2.05) is 11.0 Å². The highest BCUT2D eigenvalue weighted by Gasteiger charge is 2.37. The van der Waals surface area contributed by atoms with Crippen LogP contribution in [0, 0.1) is 24.2 Å². The van der Waals surface area contributed by atoms with Gasteiger partial charge in [-0.05, 0) is 19.8 Å². The Morgan fingerprint density at radius 1 is 1.43 bits per heavy atom. The van der Waals surface area contributed by atoms with E-state index in [1.165, 1.54) is 0 Å². The smallest absolute Gasteiger partial charge is 0.345 e. The predicted octanol–water partition coefficient (Wildman–Crippen LogP) is 2.71. The van der Waals surface area contributed by atoms with Crippen molar-refractivity contribution in [1.82, 2.24) is 14.9 Å². The fraction of sp³-hybridized carbons (Fsp3) is 0.500. The monoisotopic (exact) mass is 410 g/mol. The number of carbonyl (C=O) groups is 1. The third-order valence-corrected chi connectivity index (χ3v) is 5.51. The Morgan fingerprint density at radius 3 is 2.54 bits per heavy atom. The molecular formula is C18H21ClF2N6O. The van der Waals surface area contributed by atoms with E-state index in [9.17, 15) is 18.8 Å². The summed E-state index contributed by atoms with van der Waals surface area (Å²) in [6.45, 7) is 2.56. The quantitative estimate of drug-likeness (QED) is 0.757. The second-order valence-corrected chi connectivity index (χ2v) is 7.58. The molecule has 0 atom stereocenters. The van der Waals surface area contributed by atoms with E-state index in [1.54, 1.807) is 25.9 Å². The number of nitrogens with one attached hydrogen (secondary N) is 1. The molecule has 1 amide bonds. The molecule has 0 aliphatic carbocycles. The van der Waals surface area contributed by atoms with E-state index in [4.69, 9.17) is 17.3 Å². The number of nitriles is 1. The van der Waals surface area contributed by atoms with Crippen LogP contribution in [0.25, 0.3) is 11.0 Å². The number of hydrogen-bond donors (Lipinski definition) is 2. The maximum absolute atomic E-state index is 14.0. The van der Waals surface area contributed by atoms with Crippen molar-refractivity contribution in [2.75, 3.05) is 32.1 Å². The zero-order chi connectivity index (χ0) is 20.8. The van der Waals surface area contributed by atoms with Crippen molar-refractivity contribution in [3.8, 4) is 6.07 Å². The van der Waals surface area contributed by atoms with Gasteiger partial charge in [-0.3, -0.25) is 10.5 Å². The molecule has 2 aromatic heterocycles. The van der Waals surface area contributed by atoms with Crippen LogP contribution < -0.4 is 10.6 Å². The molecule has 3 heterocycles. The highest BCUT2D eigenvalue weighted by molar-refractivity contribution is 6.36. The van der Waals surface area contributed by atoms with Gasteiger partial charge < -0.3 is 14.8 Å². The summed E-state index contributed by atoms with van der Waals surface area (Å²) in [6.07, 6.45) is 1.10. The molecule has 0 spiro atoms. The lowest BCUT2D eigenvalue weighted by Crippen LogP contribution is -2.41. The number of carbonyl (C=O) groups excluding carboxylic acids is 1. The number of piperidine rings is 1. The van der Waals surface area contributed by atoms with Crippen LogP contribution in [0.4, 0.5) is 14.5 Å². The maximum atomic E-state index is 14.0. The first-order valence-corrected chi connectivity index (χ1v) is 9.19. The fourth-order valence-electron chi connectivity index (χ4n) is 3.65. The van der Waals surface area contributed by atoms with Gasteiger partial charge in [0.1, 0.15) is 22.8 Å². The molecule has 28 heavy (non-hydrogen) atoms. The van der Waals surface area contributed by atoms with Gasteiger partial charge in [0.15, 0.2) is 0 Å². The minimum absolute atomic E-state index is 0.0352. The Labute approximate surface area is 166 Å². The lowest BCUT2D eigenvalue weighted by Gasteiger charge is -2.35. The van der Waals surface area contributed by atoms with Crippen LogP contribution in [-0.4, -0.2) is 48.0 Å². The number of pyridine rings is 1. The topological polar surface area (TPSA) is 102 Å². The minimum Gasteiger partial charge on any atom is -0.369 e. The van der Waals surface area contributed by atoms with Crippen molar-refractivity contribution in [3.63, 3.8) is 0 Å². The minimum atomic E-state index is -3.79. The molecule has 0 aromatic carbocycles. The van der Waals surface area contributed by atoms with Crippen molar-refractivity contribution >= 4 is 34.2 Å². The first-order valence-electron chi connectivity index (χ1n) is 8.81. The number of aromatic amines is 1. The maximum Gasteiger partial charge on any atom is 0.345 e. The van der Waals surface area contributed by atoms with Gasteiger partial charge >= 0.3 is 6.05 Å². The molecule has 7 nitrogen and oxygen atoms in total. The number of fused-ring (bicyclic) bond motifs is 1. The molecule has 1 aliphatic heterocycles. The Bertz CT molecular complexity index is 967. The van der Waals surface area contributed by atoms with Crippen LogP contribution in [0.5, 0.6) is 0 Å². The molecule has 1 fully saturated rings. The Balaban J connectivity index is 2.11. The molecule has 1 saturated heterocycles. The average Bonchev–Trinajstić information content (AvgIpc) is 2.93. The molecule has 0 bridgehead atoms. The van der Waals surface area contributed by atoms with E-state index in [0.717, 1.165) is 0 Å². The van der Waals surface area contributed by atoms with Crippen LogP contribution in [0.15, 0.2) is 0 Å². The molecule has 3 N–H and O–H groups in total. The summed E-state index contributed by atoms with van der Waals surface area (Å²) < 4.78 is 28.0. The van der Waals surface area contributed by atoms with Crippen LogP contribution in [0.2, 0.25) is 5.02 Å². The van der Waals surface area contributed by atoms with Crippen molar-refractivity contribution < 1.29 is 13.6 Å². The normalized spacial score (nSPS) is 15.7. The Morgan fingerprint density at radius 2 is 2.04 bits per heavy atom. The number of anilines is 1. The lowest BCUT2D eigenvalue weighted by molar-refractivity contribution is -0.133. The number of hydrogen-bond acceptors (Lipinski definition) is 5. The lowest BCUT2D eigenvalue weighted by atomic mass is 9.94. The van der Waals surface area contributed by atoms with Gasteiger partial charge in [-0.25, -0.2) is 4.98 Å². The molecule has 10 heteroatoms. The number of halogens is 3. The summed E-state index contributed by atoms with van der Waals surface area (Å²) in [5.74, 6) is -0.105. The largest absolute Gasteiger partial charge is 0.369 e. The predicted molar refractivity (Wildman–Crippen MR) is 102 cm³/mol. The highest BCUT2D eigenvalue weighted by Crippen LogP contribution is 2.40. The number of nitrogens with two attached hydrogens (primary N) is 1. The first-order chi connectivity index (χ1) is 13.1. The number of amides is 1. The van der Waals surface area contributed by atoms with Crippen molar-refractivity contribution in [2.45, 2.75) is 25.8 Å². The molecule has 2 aromatic rings. The van der Waals surface area contributed by atoms with Crippen LogP contribution in [0.3, 0.4) is 0 Å². The fourth-order valence-corrected chi connectivity index (χ4v) is 3.83. The number of aryl methyl sites for hydroxylation is 1. The van der Waals surface area contributed by atoms with Gasteiger partial charge in [0.05, 0.1) is 16.2 Å². The van der Waals surface area contributed by atoms with Crippen molar-refractivity contribution in [1.29, 1.82) is 5.26 Å². The number of nitrogens with zero attached hydrogens (tertiary/aromatic N) is 4. The van der Waals surface area contributed by atoms with E-state index >= 15 is 0 Å². The van der Waals surface area contributed by atoms with E-state index in [0.29, 0.717) is 42.8 Å². The second-order valence-electron chi connectivity index (χ2n) is 7.20. The molecular weight excluding hydrogens is 390 g/mol. The van der Waals surface area contributed by atoms with Gasteiger partial charge in [0.2, 0.25) is 5.91 Å². The zero-order valence-corrected chi connectivity index (χ0v) is 16.6. The van der Waals surface area contributed by atoms with Crippen LogP contribution in [0.1, 0.15) is 29.8 Å². The van der Waals surface area contributed by atoms with Crippen molar-refractivity contribution in [2.24, 2.45) is 11.7 Å². The summed E-state index contributed by atoms with van der Waals surface area (Å²) in [5.41, 5.74) is 5.36. The van der Waals surface area contributed by atoms with Crippen molar-refractivity contribution in [3.05, 3.63) is 22.0 Å². The highest BCUT2D eigenvalue weighted by atomic mass is 35.5. The summed E-state index contributed by atoms with van der Waals surface area (Å²) in [4.78, 5) is 22.5. The van der Waals surface area contributed by atoms with Gasteiger partial charge in [0, 0.05) is 38.8 Å². The van der Waals surface area contributed by atoms with Crippen LogP contribution in [-0.2, 0) is 10.8 Å². The van der Waals surface area contributed by atoms with E-state index < -0.39 is 11.7 Å². The SMILES string of the molecule is Cc1[nH]c2c(N3CCC(C(=O)N(C)C)CC3)c(C#N)c(C(N)(F)F)nc2c1Cl. The standard InChI is InChI=1S/C18H21ClF2N6O/c1-9-12(19)13-14(24-9)15(11(8-22)16(25-13)18(20,21)23)27-6-4-10(5-7-27)17(28)26(2)3/h10,24H,4-7,23H2,1-3H3. The molecule has 0 unspecified atom stereocenters. The number of H-pyrrole nitrogens is 1. The zero-order valence-electron chi connectivity index (χ0n) is 15.8. The number of alkyl halides is 2. The summed E-state index contributed by atoms with van der Waals surface area (Å²) in [5, 5.41) is 9.84. The molecule has 1 aliphatic rings. The third-order valence-electron chi connectivity index (χ3n) is 5.05. The van der Waals surface area contributed by atoms with E-state index in [2.05, 4.69) is 9.97 Å². The van der Waals surface area contributed by atoms with E-state index in [-0.39, 0.29) is 27.9 Å². The van der Waals surface area contributed by atoms with Crippen LogP contribution >= 0.6 is 11.6 Å². The van der Waals surface area contributed by atoms with Gasteiger partial charge in [0.25, 0.3) is 0 Å². The average molecular weight is 411 g/mol. The second kappa shape index (κ2) is 7.18. The third kappa shape index (κ3) is 3.38. The van der Waals surface area contributed by atoms with Gasteiger partial charge in [-0.15, -0.1) is 0 Å². The molecule has 0 saturated carbocycles. The number of rotatable bonds is 3. The summed E-state index contributed by atoms with van der Waals surface area (Å²) >= 11 is 6.24. The first kappa shape index (κ1) is 20.3. The Kier molecular flexibility index (Phi) is 5.21. The summed E-state index contributed by atoms with van der Waals surface area (Å²) in [7, 11) is 3.41. The Hall–Kier alpha value is -2.44. The van der Waals surface area contributed by atoms with Gasteiger partial charge in [-0.1, -0.05) is 11.6 Å². The number of aromatic nitrogens is 2. The van der Waals surface area contributed by atoms with Gasteiger partial charge in [-0.2, -0.15) is 14.0 Å². The molecule has 0 radical (unpaired) electrons. The molecule has 150 valence electrons. The summed E-state index contributed by atoms with van der Waals surface area (Å²) in [6, 6.07) is -1.95.